The molecule has 3 nitrogen and oxygen atoms in total. The average molecular weight is 409 g/mol. The molecule has 0 fully saturated rings. The first-order chi connectivity index (χ1) is 14.1. The molecular weight excluding hydrogens is 356 g/mol. The van der Waals surface area contributed by atoms with Gasteiger partial charge in [0.2, 0.25) is 5.91 Å². The van der Waals surface area contributed by atoms with E-state index in [1.807, 2.05) is 0 Å². The van der Waals surface area contributed by atoms with Crippen molar-refractivity contribution >= 4 is 5.91 Å². The zero-order chi connectivity index (χ0) is 21.6. The van der Waals surface area contributed by atoms with Crippen molar-refractivity contribution < 1.29 is 4.79 Å². The van der Waals surface area contributed by atoms with E-state index in [0.29, 0.717) is 5.57 Å². The third-order valence-corrected chi connectivity index (χ3v) is 5.76. The molecule has 1 amide bonds. The van der Waals surface area contributed by atoms with Gasteiger partial charge in [-0.05, 0) is 32.9 Å². The molecule has 0 radical (unpaired) electrons. The molecule has 3 heteroatoms. The van der Waals surface area contributed by atoms with Crippen LogP contribution in [-0.4, -0.2) is 37.0 Å². The number of carbonyl (C=O) groups is 1. The van der Waals surface area contributed by atoms with E-state index in [9.17, 15) is 4.79 Å². The van der Waals surface area contributed by atoms with Gasteiger partial charge in [0.05, 0.1) is 0 Å². The number of hydrogen-bond acceptors (Lipinski definition) is 2. The van der Waals surface area contributed by atoms with Gasteiger partial charge >= 0.3 is 0 Å². The SMILES string of the molecule is C=C(C)C(=O)NCCN(CCCCCCCCCC)CCCCCCCCCC. The van der Waals surface area contributed by atoms with Crippen LogP contribution in [0.15, 0.2) is 12.2 Å². The molecule has 0 aromatic heterocycles. The summed E-state index contributed by atoms with van der Waals surface area (Å²) in [6.07, 6.45) is 21.9. The molecule has 29 heavy (non-hydrogen) atoms. The van der Waals surface area contributed by atoms with Crippen molar-refractivity contribution in [3.8, 4) is 0 Å². The van der Waals surface area contributed by atoms with E-state index in [4.69, 9.17) is 0 Å². The van der Waals surface area contributed by atoms with Crippen LogP contribution in [0.4, 0.5) is 0 Å². The lowest BCUT2D eigenvalue weighted by Gasteiger charge is -2.22. The van der Waals surface area contributed by atoms with E-state index in [1.165, 1.54) is 116 Å². The summed E-state index contributed by atoms with van der Waals surface area (Å²) in [5, 5.41) is 2.99. The van der Waals surface area contributed by atoms with Crippen molar-refractivity contribution in [2.75, 3.05) is 26.2 Å². The Morgan fingerprint density at radius 1 is 0.655 bits per heavy atom. The number of rotatable bonds is 22. The Hall–Kier alpha value is -0.830. The minimum absolute atomic E-state index is 0.0101. The van der Waals surface area contributed by atoms with Crippen LogP contribution in [0.2, 0.25) is 0 Å². The van der Waals surface area contributed by atoms with Crippen LogP contribution in [0.3, 0.4) is 0 Å². The Labute approximate surface area is 183 Å². The molecule has 172 valence electrons. The molecule has 0 aliphatic rings. The number of carbonyl (C=O) groups excluding carboxylic acids is 1. The molecule has 0 saturated heterocycles. The summed E-state index contributed by atoms with van der Waals surface area (Å²) in [5.41, 5.74) is 0.600. The summed E-state index contributed by atoms with van der Waals surface area (Å²) in [6.45, 7) is 14.1. The molecule has 0 aliphatic heterocycles. The molecule has 0 aromatic rings. The highest BCUT2D eigenvalue weighted by Gasteiger charge is 2.07. The quantitative estimate of drug-likeness (QED) is 0.151. The van der Waals surface area contributed by atoms with Gasteiger partial charge in [0, 0.05) is 18.7 Å². The summed E-state index contributed by atoms with van der Waals surface area (Å²) >= 11 is 0. The fourth-order valence-corrected chi connectivity index (χ4v) is 3.75. The average Bonchev–Trinajstić information content (AvgIpc) is 2.71. The summed E-state index contributed by atoms with van der Waals surface area (Å²) in [5.74, 6) is -0.0101. The Morgan fingerprint density at radius 3 is 1.41 bits per heavy atom. The van der Waals surface area contributed by atoms with Gasteiger partial charge in [-0.25, -0.2) is 0 Å². The molecule has 0 aromatic carbocycles. The molecule has 0 rings (SSSR count). The third-order valence-electron chi connectivity index (χ3n) is 5.76. The lowest BCUT2D eigenvalue weighted by molar-refractivity contribution is -0.117. The van der Waals surface area contributed by atoms with Crippen LogP contribution >= 0.6 is 0 Å². The first-order valence-corrected chi connectivity index (χ1v) is 12.8. The van der Waals surface area contributed by atoms with E-state index in [-0.39, 0.29) is 5.91 Å². The molecule has 0 saturated carbocycles. The van der Waals surface area contributed by atoms with Gasteiger partial charge in [-0.2, -0.15) is 0 Å². The Bertz CT molecular complexity index is 361. The van der Waals surface area contributed by atoms with Crippen molar-refractivity contribution in [2.24, 2.45) is 0 Å². The minimum atomic E-state index is -0.0101. The summed E-state index contributed by atoms with van der Waals surface area (Å²) < 4.78 is 0. The molecule has 0 aliphatic carbocycles. The van der Waals surface area contributed by atoms with Crippen molar-refractivity contribution in [3.63, 3.8) is 0 Å². The second kappa shape index (κ2) is 21.9. The topological polar surface area (TPSA) is 32.3 Å². The molecule has 0 spiro atoms. The zero-order valence-corrected chi connectivity index (χ0v) is 20.2. The van der Waals surface area contributed by atoms with Crippen molar-refractivity contribution in [1.29, 1.82) is 0 Å². The fourth-order valence-electron chi connectivity index (χ4n) is 3.75. The van der Waals surface area contributed by atoms with Crippen molar-refractivity contribution in [2.45, 2.75) is 124 Å². The normalized spacial score (nSPS) is 11.2. The van der Waals surface area contributed by atoms with Crippen molar-refractivity contribution in [1.82, 2.24) is 10.2 Å². The fraction of sp³-hybridized carbons (Fsp3) is 0.885. The predicted octanol–water partition coefficient (Wildman–Crippen LogP) is 7.26. The maximum atomic E-state index is 11.7. The highest BCUT2D eigenvalue weighted by atomic mass is 16.1. The van der Waals surface area contributed by atoms with Gasteiger partial charge in [-0.15, -0.1) is 0 Å². The largest absolute Gasteiger partial charge is 0.351 e. The summed E-state index contributed by atoms with van der Waals surface area (Å²) in [4.78, 5) is 14.3. The maximum Gasteiger partial charge on any atom is 0.246 e. The van der Waals surface area contributed by atoms with E-state index in [2.05, 4.69) is 30.6 Å². The van der Waals surface area contributed by atoms with Gasteiger partial charge in [-0.1, -0.05) is 110 Å². The van der Waals surface area contributed by atoms with Gasteiger partial charge in [-0.3, -0.25) is 4.79 Å². The second-order valence-electron chi connectivity index (χ2n) is 8.83. The van der Waals surface area contributed by atoms with E-state index in [1.54, 1.807) is 6.92 Å². The molecule has 0 atom stereocenters. The van der Waals surface area contributed by atoms with Crippen LogP contribution in [0, 0.1) is 0 Å². The Morgan fingerprint density at radius 2 is 1.03 bits per heavy atom. The molecule has 0 bridgehead atoms. The van der Waals surface area contributed by atoms with Gasteiger partial charge < -0.3 is 10.2 Å². The number of nitrogens with zero attached hydrogens (tertiary/aromatic N) is 1. The van der Waals surface area contributed by atoms with E-state index < -0.39 is 0 Å². The highest BCUT2D eigenvalue weighted by molar-refractivity contribution is 5.92. The first kappa shape index (κ1) is 28.2. The molecule has 1 N–H and O–H groups in total. The van der Waals surface area contributed by atoms with Crippen LogP contribution in [0.1, 0.15) is 124 Å². The monoisotopic (exact) mass is 408 g/mol. The van der Waals surface area contributed by atoms with Gasteiger partial charge in [0.1, 0.15) is 0 Å². The van der Waals surface area contributed by atoms with Gasteiger partial charge in [0.25, 0.3) is 0 Å². The second-order valence-corrected chi connectivity index (χ2v) is 8.83. The lowest BCUT2D eigenvalue weighted by Crippen LogP contribution is -2.36. The third kappa shape index (κ3) is 20.2. The molecular formula is C26H52N2O. The number of hydrogen-bond donors (Lipinski definition) is 1. The maximum absolute atomic E-state index is 11.7. The zero-order valence-electron chi connectivity index (χ0n) is 20.2. The van der Waals surface area contributed by atoms with E-state index in [0.717, 1.165) is 13.1 Å². The van der Waals surface area contributed by atoms with E-state index >= 15 is 0 Å². The summed E-state index contributed by atoms with van der Waals surface area (Å²) in [7, 11) is 0. The summed E-state index contributed by atoms with van der Waals surface area (Å²) in [6, 6.07) is 0. The predicted molar refractivity (Wildman–Crippen MR) is 129 cm³/mol. The van der Waals surface area contributed by atoms with Crippen LogP contribution in [-0.2, 0) is 4.79 Å². The van der Waals surface area contributed by atoms with Gasteiger partial charge in [0.15, 0.2) is 0 Å². The number of nitrogens with one attached hydrogen (secondary N) is 1. The van der Waals surface area contributed by atoms with Crippen molar-refractivity contribution in [3.05, 3.63) is 12.2 Å². The number of unbranched alkanes of at least 4 members (excludes halogenated alkanes) is 14. The van der Waals surface area contributed by atoms with Crippen LogP contribution < -0.4 is 5.32 Å². The van der Waals surface area contributed by atoms with Crippen LogP contribution in [0.5, 0.6) is 0 Å². The Balaban J connectivity index is 3.93. The number of amides is 1. The lowest BCUT2D eigenvalue weighted by atomic mass is 10.1. The van der Waals surface area contributed by atoms with Crippen LogP contribution in [0.25, 0.3) is 0 Å². The smallest absolute Gasteiger partial charge is 0.246 e. The Kier molecular flexibility index (Phi) is 21.2. The highest BCUT2D eigenvalue weighted by Crippen LogP contribution is 2.11. The first-order valence-electron chi connectivity index (χ1n) is 12.8. The molecule has 0 unspecified atom stereocenters. The standard InChI is InChI=1S/C26H52N2O/c1-5-7-9-11-13-15-17-19-22-28(24-21-27-26(29)25(3)4)23-20-18-16-14-12-10-8-6-2/h3,5-24H2,1-2,4H3,(H,27,29). The molecule has 0 heterocycles. The minimum Gasteiger partial charge on any atom is -0.351 e.